The molecule has 138 valence electrons. The number of amides is 1. The lowest BCUT2D eigenvalue weighted by atomic mass is 9.95. The van der Waals surface area contributed by atoms with Crippen molar-refractivity contribution in [2.24, 2.45) is 7.05 Å². The molecule has 1 aliphatic rings. The number of carboxylic acid groups (broad SMARTS) is 1. The van der Waals surface area contributed by atoms with Gasteiger partial charge in [0.05, 0.1) is 0 Å². The molecule has 0 aliphatic carbocycles. The first kappa shape index (κ1) is 18.1. The third-order valence-electron chi connectivity index (χ3n) is 5.06. The number of carbonyl (C=O) groups is 2. The molecule has 3 heterocycles. The number of hydrogen-bond donors (Lipinski definition) is 1. The van der Waals surface area contributed by atoms with Crippen molar-refractivity contribution in [3.8, 4) is 0 Å². The largest absolute Gasteiger partial charge is 0.480 e. The average molecular weight is 356 g/mol. The van der Waals surface area contributed by atoms with Crippen LogP contribution in [0.5, 0.6) is 0 Å². The molecular weight excluding hydrogens is 332 g/mol. The van der Waals surface area contributed by atoms with Crippen molar-refractivity contribution in [3.63, 3.8) is 0 Å². The summed E-state index contributed by atoms with van der Waals surface area (Å²) in [5.74, 6) is -1.18. The molecule has 2 atom stereocenters. The lowest BCUT2D eigenvalue weighted by Gasteiger charge is -2.40. The molecule has 1 fully saturated rings. The maximum atomic E-state index is 12.8. The number of aliphatic carboxylic acids is 1. The van der Waals surface area contributed by atoms with Crippen LogP contribution >= 0.6 is 0 Å². The van der Waals surface area contributed by atoms with E-state index in [1.54, 1.807) is 36.1 Å². The zero-order valence-corrected chi connectivity index (χ0v) is 15.1. The minimum absolute atomic E-state index is 0.105. The highest BCUT2D eigenvalue weighted by molar-refractivity contribution is 5.95. The van der Waals surface area contributed by atoms with Crippen LogP contribution in [0, 0.1) is 0 Å². The summed E-state index contributed by atoms with van der Waals surface area (Å²) in [5, 5.41) is 9.68. The van der Waals surface area contributed by atoms with Crippen LogP contribution in [0.4, 0.5) is 0 Å². The standard InChI is InChI=1S/C19H24N4O3/c1-21-9-4-6-16(21)18(24)23-10-7-15(11-17(23)19(25)26)22(2)13-14-5-3-8-20-12-14/h3-6,8-9,12,15,17H,7,10-11,13H2,1-2H3,(H,25,26)/t15-,17+/m0/s1. The highest BCUT2D eigenvalue weighted by Gasteiger charge is 2.38. The van der Waals surface area contributed by atoms with Gasteiger partial charge in [-0.2, -0.15) is 0 Å². The Morgan fingerprint density at radius 1 is 1.35 bits per heavy atom. The van der Waals surface area contributed by atoms with E-state index in [-0.39, 0.29) is 11.9 Å². The zero-order valence-electron chi connectivity index (χ0n) is 15.1. The fourth-order valence-corrected chi connectivity index (χ4v) is 3.56. The summed E-state index contributed by atoms with van der Waals surface area (Å²) in [6.45, 7) is 1.14. The predicted octanol–water partition coefficient (Wildman–Crippen LogP) is 1.61. The SMILES string of the molecule is CN(Cc1cccnc1)[C@H]1CCN(C(=O)c2cccn2C)[C@@H](C(=O)O)C1. The molecule has 1 aliphatic heterocycles. The third-order valence-corrected chi connectivity index (χ3v) is 5.06. The van der Waals surface area contributed by atoms with E-state index in [0.717, 1.165) is 12.0 Å². The van der Waals surface area contributed by atoms with Gasteiger partial charge in [-0.15, -0.1) is 0 Å². The first-order valence-electron chi connectivity index (χ1n) is 8.71. The number of rotatable bonds is 5. The number of likely N-dealkylation sites (tertiary alicyclic amines) is 1. The van der Waals surface area contributed by atoms with E-state index in [0.29, 0.717) is 25.2 Å². The molecule has 0 bridgehead atoms. The Morgan fingerprint density at radius 2 is 2.15 bits per heavy atom. The molecule has 1 amide bonds. The highest BCUT2D eigenvalue weighted by Crippen LogP contribution is 2.24. The van der Waals surface area contributed by atoms with Crippen molar-refractivity contribution in [3.05, 3.63) is 54.1 Å². The number of nitrogens with zero attached hydrogens (tertiary/aromatic N) is 4. The van der Waals surface area contributed by atoms with Crippen molar-refractivity contribution in [1.82, 2.24) is 19.4 Å². The van der Waals surface area contributed by atoms with Crippen LogP contribution in [0.2, 0.25) is 0 Å². The van der Waals surface area contributed by atoms with Crippen LogP contribution in [0.3, 0.4) is 0 Å². The summed E-state index contributed by atoms with van der Waals surface area (Å²) in [5.41, 5.74) is 1.60. The molecule has 1 N–H and O–H groups in total. The zero-order chi connectivity index (χ0) is 18.7. The normalized spacial score (nSPS) is 20.3. The van der Waals surface area contributed by atoms with Gasteiger partial charge >= 0.3 is 5.97 Å². The van der Waals surface area contributed by atoms with Crippen molar-refractivity contribution < 1.29 is 14.7 Å². The number of piperidine rings is 1. The molecule has 2 aromatic rings. The molecule has 0 saturated carbocycles. The number of aryl methyl sites for hydroxylation is 1. The first-order valence-corrected chi connectivity index (χ1v) is 8.71. The summed E-state index contributed by atoms with van der Waals surface area (Å²) in [4.78, 5) is 32.4. The number of carboxylic acids is 1. The number of hydrogen-bond acceptors (Lipinski definition) is 4. The molecule has 2 aromatic heterocycles. The van der Waals surface area contributed by atoms with Crippen LogP contribution in [0.1, 0.15) is 28.9 Å². The van der Waals surface area contributed by atoms with Gasteiger partial charge in [-0.1, -0.05) is 6.07 Å². The average Bonchev–Trinajstić information content (AvgIpc) is 3.07. The summed E-state index contributed by atoms with van der Waals surface area (Å²) in [6.07, 6.45) is 6.51. The third kappa shape index (κ3) is 3.77. The molecule has 7 heteroatoms. The van der Waals surface area contributed by atoms with E-state index < -0.39 is 12.0 Å². The van der Waals surface area contributed by atoms with Crippen LogP contribution in [-0.4, -0.2) is 62.0 Å². The molecule has 3 rings (SSSR count). The molecule has 0 radical (unpaired) electrons. The smallest absolute Gasteiger partial charge is 0.326 e. The summed E-state index contributed by atoms with van der Waals surface area (Å²) in [7, 11) is 3.78. The molecular formula is C19H24N4O3. The Labute approximate surface area is 152 Å². The van der Waals surface area contributed by atoms with Gasteiger partial charge in [0, 0.05) is 44.8 Å². The molecule has 7 nitrogen and oxygen atoms in total. The molecule has 0 spiro atoms. The van der Waals surface area contributed by atoms with E-state index in [1.165, 1.54) is 4.90 Å². The summed E-state index contributed by atoms with van der Waals surface area (Å²) < 4.78 is 1.72. The highest BCUT2D eigenvalue weighted by atomic mass is 16.4. The van der Waals surface area contributed by atoms with Crippen LogP contribution in [-0.2, 0) is 18.4 Å². The lowest BCUT2D eigenvalue weighted by Crippen LogP contribution is -2.54. The maximum Gasteiger partial charge on any atom is 0.326 e. The Hall–Kier alpha value is -2.67. The maximum absolute atomic E-state index is 12.8. The molecule has 0 aromatic carbocycles. The second-order valence-corrected chi connectivity index (χ2v) is 6.81. The lowest BCUT2D eigenvalue weighted by molar-refractivity contribution is -0.144. The fraction of sp³-hybridized carbons (Fsp3) is 0.421. The van der Waals surface area contributed by atoms with Crippen LogP contribution < -0.4 is 0 Å². The topological polar surface area (TPSA) is 78.7 Å². The van der Waals surface area contributed by atoms with Crippen molar-refractivity contribution in [1.29, 1.82) is 0 Å². The van der Waals surface area contributed by atoms with E-state index in [9.17, 15) is 14.7 Å². The monoisotopic (exact) mass is 356 g/mol. The molecule has 0 unspecified atom stereocenters. The molecule has 1 saturated heterocycles. The van der Waals surface area contributed by atoms with Gasteiger partial charge in [0.2, 0.25) is 0 Å². The van der Waals surface area contributed by atoms with Gasteiger partial charge in [-0.05, 0) is 43.7 Å². The van der Waals surface area contributed by atoms with Crippen molar-refractivity contribution in [2.75, 3.05) is 13.6 Å². The quantitative estimate of drug-likeness (QED) is 0.881. The van der Waals surface area contributed by atoms with E-state index in [4.69, 9.17) is 0 Å². The first-order chi connectivity index (χ1) is 12.5. The summed E-state index contributed by atoms with van der Waals surface area (Å²) >= 11 is 0. The number of aromatic nitrogens is 2. The van der Waals surface area contributed by atoms with Gasteiger partial charge in [0.15, 0.2) is 0 Å². The van der Waals surface area contributed by atoms with Gasteiger partial charge in [0.25, 0.3) is 5.91 Å². The van der Waals surface area contributed by atoms with E-state index in [1.807, 2.05) is 25.4 Å². The van der Waals surface area contributed by atoms with Gasteiger partial charge < -0.3 is 14.6 Å². The predicted molar refractivity (Wildman–Crippen MR) is 96.6 cm³/mol. The number of pyridine rings is 1. The van der Waals surface area contributed by atoms with Crippen LogP contribution in [0.15, 0.2) is 42.9 Å². The van der Waals surface area contributed by atoms with Crippen molar-refractivity contribution >= 4 is 11.9 Å². The molecule has 26 heavy (non-hydrogen) atoms. The van der Waals surface area contributed by atoms with Gasteiger partial charge in [-0.3, -0.25) is 14.7 Å². The number of carbonyl (C=O) groups excluding carboxylic acids is 1. The van der Waals surface area contributed by atoms with Crippen molar-refractivity contribution in [2.45, 2.75) is 31.5 Å². The minimum Gasteiger partial charge on any atom is -0.480 e. The Bertz CT molecular complexity index is 774. The fourth-order valence-electron chi connectivity index (χ4n) is 3.56. The Balaban J connectivity index is 1.71. The summed E-state index contributed by atoms with van der Waals surface area (Å²) in [6, 6.07) is 6.71. The van der Waals surface area contributed by atoms with Crippen LogP contribution in [0.25, 0.3) is 0 Å². The minimum atomic E-state index is -0.952. The van der Waals surface area contributed by atoms with E-state index in [2.05, 4.69) is 9.88 Å². The Kier molecular flexibility index (Phi) is 5.37. The second kappa shape index (κ2) is 7.70. The Morgan fingerprint density at radius 3 is 2.77 bits per heavy atom. The van der Waals surface area contributed by atoms with Gasteiger partial charge in [0.1, 0.15) is 11.7 Å². The second-order valence-electron chi connectivity index (χ2n) is 6.81. The van der Waals surface area contributed by atoms with E-state index >= 15 is 0 Å². The van der Waals surface area contributed by atoms with Gasteiger partial charge in [-0.25, -0.2) is 4.79 Å².